The summed E-state index contributed by atoms with van der Waals surface area (Å²) in [5.41, 5.74) is 2.45. The Bertz CT molecular complexity index is 886. The topological polar surface area (TPSA) is 109 Å². The quantitative estimate of drug-likeness (QED) is 0.698. The molecule has 1 aromatic rings. The molecule has 0 aromatic heterocycles. The van der Waals surface area contributed by atoms with Crippen molar-refractivity contribution in [3.8, 4) is 0 Å². The molecule has 1 saturated heterocycles. The third kappa shape index (κ3) is 5.70. The van der Waals surface area contributed by atoms with E-state index in [9.17, 15) is 18.8 Å². The Morgan fingerprint density at radius 3 is 2.83 bits per heavy atom. The molecular formula is C19H23FN4O5S. The van der Waals surface area contributed by atoms with Gasteiger partial charge in [-0.3, -0.25) is 14.5 Å². The molecule has 2 N–H and O–H groups in total. The molecule has 0 aliphatic carbocycles. The lowest BCUT2D eigenvalue weighted by molar-refractivity contribution is -0.130. The van der Waals surface area contributed by atoms with Crippen molar-refractivity contribution in [3.05, 3.63) is 29.6 Å². The highest BCUT2D eigenvalue weighted by atomic mass is 32.2. The lowest BCUT2D eigenvalue weighted by atomic mass is 10.2. The second-order valence-corrected chi connectivity index (χ2v) is 8.69. The maximum atomic E-state index is 14.6. The fourth-order valence-corrected chi connectivity index (χ4v) is 3.46. The minimum Gasteiger partial charge on any atom is -0.442 e. The largest absolute Gasteiger partial charge is 0.442 e. The van der Waals surface area contributed by atoms with Crippen LogP contribution in [0.3, 0.4) is 0 Å². The van der Waals surface area contributed by atoms with Crippen LogP contribution in [0.1, 0.15) is 26.3 Å². The van der Waals surface area contributed by atoms with Gasteiger partial charge in [-0.05, 0) is 39.0 Å². The van der Waals surface area contributed by atoms with Gasteiger partial charge in [-0.2, -0.15) is 5.10 Å². The molecule has 1 atom stereocenters. The normalized spacial score (nSPS) is 19.3. The highest BCUT2D eigenvalue weighted by molar-refractivity contribution is 8.15. The molecule has 0 radical (unpaired) electrons. The molecule has 0 bridgehead atoms. The number of carbonyl (C=O) groups is 3. The summed E-state index contributed by atoms with van der Waals surface area (Å²) in [5, 5.41) is 6.87. The van der Waals surface area contributed by atoms with Crippen molar-refractivity contribution >= 4 is 40.4 Å². The number of benzene rings is 1. The number of thioether (sulfide) groups is 1. The molecule has 0 spiro atoms. The minimum atomic E-state index is -0.621. The van der Waals surface area contributed by atoms with Crippen molar-refractivity contribution in [2.45, 2.75) is 32.5 Å². The number of anilines is 1. The number of hydrazone groups is 1. The van der Waals surface area contributed by atoms with Gasteiger partial charge in [0.15, 0.2) is 0 Å². The molecule has 11 heteroatoms. The average Bonchev–Trinajstić information content (AvgIpc) is 3.05. The van der Waals surface area contributed by atoms with Gasteiger partial charge in [0.2, 0.25) is 5.91 Å². The second kappa shape index (κ2) is 9.00. The third-order valence-electron chi connectivity index (χ3n) is 4.15. The maximum Gasteiger partial charge on any atom is 0.414 e. The lowest BCUT2D eigenvalue weighted by Crippen LogP contribution is -2.38. The zero-order valence-electron chi connectivity index (χ0n) is 16.9. The molecule has 3 rings (SSSR count). The van der Waals surface area contributed by atoms with Gasteiger partial charge in [0.1, 0.15) is 23.6 Å². The van der Waals surface area contributed by atoms with Gasteiger partial charge < -0.3 is 14.8 Å². The standard InChI is InChI=1S/C19H23FN4O5S/c1-19(2,3)28-9-15(25)21-7-12-8-24(18(27)29-12)11-4-5-13(14(20)6-11)17-23-22-16(26)10-30-17/h4-6,12H,7-10H2,1-3H3,(H,21,25)(H,22,26)/t12-/m0/s1. The Kier molecular flexibility index (Phi) is 6.61. The van der Waals surface area contributed by atoms with Crippen molar-refractivity contribution < 1.29 is 28.2 Å². The molecule has 2 aliphatic heterocycles. The minimum absolute atomic E-state index is 0.0943. The first-order chi connectivity index (χ1) is 14.1. The van der Waals surface area contributed by atoms with Crippen molar-refractivity contribution in [1.29, 1.82) is 0 Å². The number of nitrogens with one attached hydrogen (secondary N) is 2. The summed E-state index contributed by atoms with van der Waals surface area (Å²) >= 11 is 1.13. The Labute approximate surface area is 177 Å². The van der Waals surface area contributed by atoms with E-state index in [-0.39, 0.29) is 42.8 Å². The SMILES string of the molecule is CC(C)(C)OCC(=O)NC[C@H]1CN(c2ccc(C3=NNC(=O)CS3)c(F)c2)C(=O)O1. The predicted octanol–water partition coefficient (Wildman–Crippen LogP) is 1.61. The maximum absolute atomic E-state index is 14.6. The average molecular weight is 438 g/mol. The Morgan fingerprint density at radius 2 is 2.20 bits per heavy atom. The number of ether oxygens (including phenoxy) is 2. The molecule has 2 heterocycles. The van der Waals surface area contributed by atoms with Crippen LogP contribution < -0.4 is 15.6 Å². The van der Waals surface area contributed by atoms with Crippen LogP contribution in [-0.2, 0) is 19.1 Å². The van der Waals surface area contributed by atoms with Gasteiger partial charge in [-0.1, -0.05) is 11.8 Å². The van der Waals surface area contributed by atoms with Crippen LogP contribution in [0.15, 0.2) is 23.3 Å². The molecule has 9 nitrogen and oxygen atoms in total. The summed E-state index contributed by atoms with van der Waals surface area (Å²) in [7, 11) is 0. The van der Waals surface area contributed by atoms with Gasteiger partial charge in [-0.25, -0.2) is 14.6 Å². The van der Waals surface area contributed by atoms with E-state index in [1.807, 2.05) is 20.8 Å². The van der Waals surface area contributed by atoms with Crippen LogP contribution in [0.5, 0.6) is 0 Å². The van der Waals surface area contributed by atoms with Crippen LogP contribution in [0.4, 0.5) is 14.9 Å². The molecule has 0 unspecified atom stereocenters. The Balaban J connectivity index is 1.58. The lowest BCUT2D eigenvalue weighted by Gasteiger charge is -2.19. The molecule has 1 aromatic carbocycles. The van der Waals surface area contributed by atoms with Gasteiger partial charge in [0, 0.05) is 5.56 Å². The number of amides is 3. The van der Waals surface area contributed by atoms with E-state index < -0.39 is 23.6 Å². The summed E-state index contributed by atoms with van der Waals surface area (Å²) in [6.45, 7) is 5.74. The molecule has 30 heavy (non-hydrogen) atoms. The van der Waals surface area contributed by atoms with Crippen molar-refractivity contribution in [3.63, 3.8) is 0 Å². The molecule has 3 amide bonds. The number of nitrogens with zero attached hydrogens (tertiary/aromatic N) is 2. The first kappa shape index (κ1) is 22.0. The van der Waals surface area contributed by atoms with Gasteiger partial charge in [-0.15, -0.1) is 0 Å². The number of hydrogen-bond acceptors (Lipinski definition) is 7. The van der Waals surface area contributed by atoms with E-state index >= 15 is 0 Å². The van der Waals surface area contributed by atoms with E-state index in [1.54, 1.807) is 6.07 Å². The summed E-state index contributed by atoms with van der Waals surface area (Å²) in [6.07, 6.45) is -1.18. The van der Waals surface area contributed by atoms with Gasteiger partial charge in [0.05, 0.1) is 30.1 Å². The Morgan fingerprint density at radius 1 is 1.43 bits per heavy atom. The summed E-state index contributed by atoms with van der Waals surface area (Å²) in [5.74, 6) is -0.970. The summed E-state index contributed by atoms with van der Waals surface area (Å²) in [4.78, 5) is 36.5. The highest BCUT2D eigenvalue weighted by Crippen LogP contribution is 2.26. The van der Waals surface area contributed by atoms with Gasteiger partial charge in [0.25, 0.3) is 5.91 Å². The zero-order chi connectivity index (χ0) is 21.9. The van der Waals surface area contributed by atoms with Crippen LogP contribution in [0.25, 0.3) is 0 Å². The molecular weight excluding hydrogens is 415 g/mol. The van der Waals surface area contributed by atoms with E-state index in [0.717, 1.165) is 11.8 Å². The summed E-state index contributed by atoms with van der Waals surface area (Å²) < 4.78 is 25.2. The number of cyclic esters (lactones) is 1. The number of hydrogen-bond donors (Lipinski definition) is 2. The molecule has 0 saturated carbocycles. The van der Waals surface area contributed by atoms with Gasteiger partial charge >= 0.3 is 6.09 Å². The molecule has 162 valence electrons. The van der Waals surface area contributed by atoms with Crippen LogP contribution >= 0.6 is 11.8 Å². The smallest absolute Gasteiger partial charge is 0.414 e. The third-order valence-corrected chi connectivity index (χ3v) is 5.15. The highest BCUT2D eigenvalue weighted by Gasteiger charge is 2.33. The zero-order valence-corrected chi connectivity index (χ0v) is 17.7. The van der Waals surface area contributed by atoms with Crippen molar-refractivity contribution in [1.82, 2.24) is 10.7 Å². The number of carbonyl (C=O) groups excluding carboxylic acids is 3. The van der Waals surface area contributed by atoms with E-state index in [2.05, 4.69) is 15.8 Å². The van der Waals surface area contributed by atoms with Crippen molar-refractivity contribution in [2.75, 3.05) is 30.3 Å². The van der Waals surface area contributed by atoms with Crippen LogP contribution in [0.2, 0.25) is 0 Å². The fraction of sp³-hybridized carbons (Fsp3) is 0.474. The monoisotopic (exact) mass is 438 g/mol. The van der Waals surface area contributed by atoms with Crippen molar-refractivity contribution in [2.24, 2.45) is 5.10 Å². The van der Waals surface area contributed by atoms with E-state index in [0.29, 0.717) is 10.7 Å². The predicted molar refractivity (Wildman–Crippen MR) is 110 cm³/mol. The molecule has 1 fully saturated rings. The molecule has 2 aliphatic rings. The first-order valence-corrected chi connectivity index (χ1v) is 10.3. The van der Waals surface area contributed by atoms with Crippen LogP contribution in [0, 0.1) is 5.82 Å². The fourth-order valence-electron chi connectivity index (χ4n) is 2.69. The van der Waals surface area contributed by atoms with Crippen LogP contribution in [-0.4, -0.2) is 60.1 Å². The summed E-state index contributed by atoms with van der Waals surface area (Å²) in [6, 6.07) is 4.30. The van der Waals surface area contributed by atoms with E-state index in [4.69, 9.17) is 9.47 Å². The van der Waals surface area contributed by atoms with E-state index in [1.165, 1.54) is 17.0 Å². The first-order valence-electron chi connectivity index (χ1n) is 9.30. The second-order valence-electron chi connectivity index (χ2n) is 7.73. The Hall–Kier alpha value is -2.66. The number of rotatable bonds is 6. The number of halogens is 1.